The second kappa shape index (κ2) is 7.28. The molecule has 138 valence electrons. The summed E-state index contributed by atoms with van der Waals surface area (Å²) in [6, 6.07) is 13.6. The van der Waals surface area contributed by atoms with Gasteiger partial charge in [-0.1, -0.05) is 18.2 Å². The van der Waals surface area contributed by atoms with Crippen LogP contribution in [0.25, 0.3) is 0 Å². The van der Waals surface area contributed by atoms with Crippen LogP contribution in [0.1, 0.15) is 31.9 Å². The molecule has 5 heteroatoms. The summed E-state index contributed by atoms with van der Waals surface area (Å²) in [6.45, 7) is 9.66. The Morgan fingerprint density at radius 1 is 1.12 bits per heavy atom. The van der Waals surface area contributed by atoms with Gasteiger partial charge in [-0.2, -0.15) is 0 Å². The second-order valence-corrected chi connectivity index (χ2v) is 7.00. The monoisotopic (exact) mass is 354 g/mol. The highest BCUT2D eigenvalue weighted by Crippen LogP contribution is 2.34. The molecule has 26 heavy (non-hydrogen) atoms. The molecule has 0 unspecified atom stereocenters. The molecule has 3 rings (SSSR count). The number of rotatable bonds is 4. The van der Waals surface area contributed by atoms with Gasteiger partial charge in [0.25, 0.3) is 0 Å². The maximum Gasteiger partial charge on any atom is 0.322 e. The molecule has 0 bridgehead atoms. The molecule has 0 saturated heterocycles. The van der Waals surface area contributed by atoms with E-state index in [1.165, 1.54) is 0 Å². The second-order valence-electron chi connectivity index (χ2n) is 7.00. The number of fused-ring (bicyclic) bond motifs is 1. The SMILES string of the molecule is CCN(C(=O)NC(C)(C)c1ccc2c(c1)OCCO2)c1cccc(C)c1. The third-order valence-electron chi connectivity index (χ3n) is 4.56. The number of hydrogen-bond donors (Lipinski definition) is 1. The normalized spacial score (nSPS) is 13.2. The predicted molar refractivity (Wildman–Crippen MR) is 103 cm³/mol. The van der Waals surface area contributed by atoms with Crippen molar-refractivity contribution in [2.24, 2.45) is 0 Å². The maximum atomic E-state index is 12.9. The standard InChI is InChI=1S/C21H26N2O3/c1-5-23(17-8-6-7-15(2)13-17)20(24)22-21(3,4)16-9-10-18-19(14-16)26-12-11-25-18/h6-10,13-14H,5,11-12H2,1-4H3,(H,22,24). The Balaban J connectivity index is 1.80. The van der Waals surface area contributed by atoms with Crippen molar-refractivity contribution in [3.63, 3.8) is 0 Å². The first-order chi connectivity index (χ1) is 12.4. The molecule has 0 spiro atoms. The van der Waals surface area contributed by atoms with Crippen LogP contribution in [0.5, 0.6) is 11.5 Å². The van der Waals surface area contributed by atoms with Crippen LogP contribution in [0.4, 0.5) is 10.5 Å². The fraction of sp³-hybridized carbons (Fsp3) is 0.381. The highest BCUT2D eigenvalue weighted by molar-refractivity contribution is 5.92. The largest absolute Gasteiger partial charge is 0.486 e. The fourth-order valence-electron chi connectivity index (χ4n) is 3.08. The zero-order valence-electron chi connectivity index (χ0n) is 15.8. The maximum absolute atomic E-state index is 12.9. The molecule has 5 nitrogen and oxygen atoms in total. The molecule has 0 saturated carbocycles. The van der Waals surface area contributed by atoms with Gasteiger partial charge in [0.1, 0.15) is 13.2 Å². The van der Waals surface area contributed by atoms with Gasteiger partial charge in [0, 0.05) is 12.2 Å². The zero-order valence-corrected chi connectivity index (χ0v) is 15.8. The van der Waals surface area contributed by atoms with Crippen LogP contribution < -0.4 is 19.7 Å². The molecule has 2 aromatic carbocycles. The summed E-state index contributed by atoms with van der Waals surface area (Å²) in [5.74, 6) is 1.47. The van der Waals surface area contributed by atoms with Gasteiger partial charge in [0.05, 0.1) is 5.54 Å². The van der Waals surface area contributed by atoms with Gasteiger partial charge >= 0.3 is 6.03 Å². The minimum absolute atomic E-state index is 0.127. The van der Waals surface area contributed by atoms with Gasteiger partial charge in [-0.15, -0.1) is 0 Å². The van der Waals surface area contributed by atoms with E-state index >= 15 is 0 Å². The number of hydrogen-bond acceptors (Lipinski definition) is 3. The van der Waals surface area contributed by atoms with Gasteiger partial charge in [-0.05, 0) is 63.1 Å². The summed E-state index contributed by atoms with van der Waals surface area (Å²) in [5.41, 5.74) is 2.43. The van der Waals surface area contributed by atoms with E-state index in [-0.39, 0.29) is 6.03 Å². The molecule has 1 heterocycles. The van der Waals surface area contributed by atoms with Crippen molar-refractivity contribution in [1.82, 2.24) is 5.32 Å². The molecule has 0 radical (unpaired) electrons. The van der Waals surface area contributed by atoms with Crippen LogP contribution in [0, 0.1) is 6.92 Å². The molecule has 1 N–H and O–H groups in total. The van der Waals surface area contributed by atoms with Crippen molar-refractivity contribution in [3.05, 3.63) is 53.6 Å². The predicted octanol–water partition coefficient (Wildman–Crippen LogP) is 4.24. The lowest BCUT2D eigenvalue weighted by Crippen LogP contribution is -2.48. The molecule has 1 aliphatic heterocycles. The van der Waals surface area contributed by atoms with Crippen molar-refractivity contribution < 1.29 is 14.3 Å². The Morgan fingerprint density at radius 2 is 1.85 bits per heavy atom. The molecule has 2 aromatic rings. The fourth-order valence-corrected chi connectivity index (χ4v) is 3.08. The van der Waals surface area contributed by atoms with E-state index in [0.717, 1.165) is 28.3 Å². The third kappa shape index (κ3) is 3.77. The van der Waals surface area contributed by atoms with Crippen molar-refractivity contribution in [1.29, 1.82) is 0 Å². The molecule has 0 fully saturated rings. The van der Waals surface area contributed by atoms with E-state index < -0.39 is 5.54 Å². The van der Waals surface area contributed by atoms with Crippen LogP contribution in [0.15, 0.2) is 42.5 Å². The first-order valence-electron chi connectivity index (χ1n) is 8.97. The van der Waals surface area contributed by atoms with Crippen LogP contribution in [0.3, 0.4) is 0 Å². The molecule has 0 aromatic heterocycles. The van der Waals surface area contributed by atoms with Crippen molar-refractivity contribution in [2.75, 3.05) is 24.7 Å². The minimum Gasteiger partial charge on any atom is -0.486 e. The summed E-state index contributed by atoms with van der Waals surface area (Å²) >= 11 is 0. The number of carbonyl (C=O) groups excluding carboxylic acids is 1. The Morgan fingerprint density at radius 3 is 2.54 bits per heavy atom. The third-order valence-corrected chi connectivity index (χ3v) is 4.56. The molecule has 0 atom stereocenters. The minimum atomic E-state index is -0.551. The summed E-state index contributed by atoms with van der Waals surface area (Å²) in [4.78, 5) is 14.7. The first-order valence-corrected chi connectivity index (χ1v) is 8.97. The Kier molecular flexibility index (Phi) is 5.07. The highest BCUT2D eigenvalue weighted by atomic mass is 16.6. The Hall–Kier alpha value is -2.69. The van der Waals surface area contributed by atoms with Crippen molar-refractivity contribution in [3.8, 4) is 11.5 Å². The number of aryl methyl sites for hydroxylation is 1. The lowest BCUT2D eigenvalue weighted by atomic mass is 9.94. The smallest absolute Gasteiger partial charge is 0.322 e. The number of anilines is 1. The summed E-state index contributed by atoms with van der Waals surface area (Å²) in [7, 11) is 0. The number of ether oxygens (including phenoxy) is 2. The van der Waals surface area contributed by atoms with Crippen LogP contribution >= 0.6 is 0 Å². The highest BCUT2D eigenvalue weighted by Gasteiger charge is 2.27. The van der Waals surface area contributed by atoms with Crippen molar-refractivity contribution >= 4 is 11.7 Å². The van der Waals surface area contributed by atoms with Gasteiger partial charge in [-0.25, -0.2) is 4.79 Å². The number of urea groups is 1. The topological polar surface area (TPSA) is 50.8 Å². The number of nitrogens with one attached hydrogen (secondary N) is 1. The number of nitrogens with zero attached hydrogens (tertiary/aromatic N) is 1. The molecular formula is C21H26N2O3. The summed E-state index contributed by atoms with van der Waals surface area (Å²) in [6.07, 6.45) is 0. The quantitative estimate of drug-likeness (QED) is 0.893. The molecule has 1 aliphatic rings. The van der Waals surface area contributed by atoms with E-state index in [2.05, 4.69) is 5.32 Å². The van der Waals surface area contributed by atoms with Gasteiger partial charge in [0.15, 0.2) is 11.5 Å². The number of carbonyl (C=O) groups is 1. The van der Waals surface area contributed by atoms with Crippen LogP contribution in [-0.2, 0) is 5.54 Å². The average molecular weight is 354 g/mol. The lowest BCUT2D eigenvalue weighted by Gasteiger charge is -2.32. The average Bonchev–Trinajstić information content (AvgIpc) is 2.61. The van der Waals surface area contributed by atoms with Crippen LogP contribution in [0.2, 0.25) is 0 Å². The molecular weight excluding hydrogens is 328 g/mol. The van der Waals surface area contributed by atoms with E-state index in [4.69, 9.17) is 9.47 Å². The van der Waals surface area contributed by atoms with Crippen molar-refractivity contribution in [2.45, 2.75) is 33.2 Å². The van der Waals surface area contributed by atoms with E-state index in [1.54, 1.807) is 4.90 Å². The van der Waals surface area contributed by atoms with Gasteiger partial charge < -0.3 is 14.8 Å². The summed E-state index contributed by atoms with van der Waals surface area (Å²) < 4.78 is 11.2. The van der Waals surface area contributed by atoms with Gasteiger partial charge in [-0.3, -0.25) is 4.90 Å². The lowest BCUT2D eigenvalue weighted by molar-refractivity contribution is 0.171. The first kappa shape index (κ1) is 18.1. The molecule has 2 amide bonds. The number of amides is 2. The zero-order chi connectivity index (χ0) is 18.7. The van der Waals surface area contributed by atoms with E-state index in [9.17, 15) is 4.79 Å². The molecule has 0 aliphatic carbocycles. The van der Waals surface area contributed by atoms with E-state index in [1.807, 2.05) is 70.2 Å². The van der Waals surface area contributed by atoms with Gasteiger partial charge in [0.2, 0.25) is 0 Å². The Labute approximate surface area is 154 Å². The Bertz CT molecular complexity index is 802. The van der Waals surface area contributed by atoms with E-state index in [0.29, 0.717) is 19.8 Å². The van der Waals surface area contributed by atoms with Crippen LogP contribution in [-0.4, -0.2) is 25.8 Å². The number of benzene rings is 2. The summed E-state index contributed by atoms with van der Waals surface area (Å²) in [5, 5.41) is 3.14.